The highest BCUT2D eigenvalue weighted by molar-refractivity contribution is 5.67. The van der Waals surface area contributed by atoms with Crippen LogP contribution in [0.15, 0.2) is 0 Å². The van der Waals surface area contributed by atoms with Crippen LogP contribution in [0, 0.1) is 5.92 Å². The largest absolute Gasteiger partial charge is 0.481 e. The Kier molecular flexibility index (Phi) is 4.35. The molecule has 14 heavy (non-hydrogen) atoms. The number of aliphatic carboxylic acids is 1. The molecule has 0 aliphatic carbocycles. The molecule has 4 heteroatoms. The smallest absolute Gasteiger partial charge is 0.305 e. The minimum Gasteiger partial charge on any atom is -0.481 e. The molecule has 1 N–H and O–H groups in total. The number of hydrogen-bond donors (Lipinski definition) is 1. The van der Waals surface area contributed by atoms with Crippen molar-refractivity contribution in [2.24, 2.45) is 5.92 Å². The third kappa shape index (κ3) is 3.64. The van der Waals surface area contributed by atoms with Gasteiger partial charge in [-0.05, 0) is 5.92 Å². The first-order valence-electron chi connectivity index (χ1n) is 5.13. The van der Waals surface area contributed by atoms with E-state index in [-0.39, 0.29) is 12.5 Å². The zero-order chi connectivity index (χ0) is 10.6. The molecule has 0 amide bonds. The summed E-state index contributed by atoms with van der Waals surface area (Å²) < 4.78 is 5.29. The highest BCUT2D eigenvalue weighted by atomic mass is 16.5. The summed E-state index contributed by atoms with van der Waals surface area (Å²) in [5.41, 5.74) is 0. The second-order valence-corrected chi connectivity index (χ2v) is 4.22. The van der Waals surface area contributed by atoms with Crippen LogP contribution in [0.25, 0.3) is 0 Å². The molecule has 0 aromatic rings. The summed E-state index contributed by atoms with van der Waals surface area (Å²) in [5, 5.41) is 8.74. The zero-order valence-corrected chi connectivity index (χ0v) is 8.90. The standard InChI is InChI=1S/C10H19NO3/c1-8(2)6-11-3-4-14-7-9(11)5-10(12)13/h8-9H,3-7H2,1-2H3,(H,12,13). The third-order valence-electron chi connectivity index (χ3n) is 2.36. The van der Waals surface area contributed by atoms with Crippen LogP contribution in [0.2, 0.25) is 0 Å². The number of carbonyl (C=O) groups is 1. The lowest BCUT2D eigenvalue weighted by Crippen LogP contribution is -2.47. The highest BCUT2D eigenvalue weighted by Gasteiger charge is 2.25. The second kappa shape index (κ2) is 5.32. The van der Waals surface area contributed by atoms with Crippen LogP contribution in [0.1, 0.15) is 20.3 Å². The van der Waals surface area contributed by atoms with E-state index in [0.717, 1.165) is 19.7 Å². The average molecular weight is 201 g/mol. The molecule has 0 aromatic heterocycles. The maximum atomic E-state index is 10.6. The molecule has 1 rings (SSSR count). The van der Waals surface area contributed by atoms with Gasteiger partial charge in [-0.25, -0.2) is 0 Å². The van der Waals surface area contributed by atoms with Gasteiger partial charge in [-0.2, -0.15) is 0 Å². The van der Waals surface area contributed by atoms with Crippen molar-refractivity contribution in [3.8, 4) is 0 Å². The molecular formula is C10H19NO3. The van der Waals surface area contributed by atoms with Gasteiger partial charge in [-0.15, -0.1) is 0 Å². The van der Waals surface area contributed by atoms with E-state index < -0.39 is 5.97 Å². The van der Waals surface area contributed by atoms with Gasteiger partial charge in [0.15, 0.2) is 0 Å². The molecule has 4 nitrogen and oxygen atoms in total. The number of carboxylic acid groups (broad SMARTS) is 1. The van der Waals surface area contributed by atoms with Gasteiger partial charge in [0.2, 0.25) is 0 Å². The van der Waals surface area contributed by atoms with Crippen molar-refractivity contribution in [3.63, 3.8) is 0 Å². The number of ether oxygens (including phenoxy) is 1. The Morgan fingerprint density at radius 2 is 2.36 bits per heavy atom. The third-order valence-corrected chi connectivity index (χ3v) is 2.36. The minimum atomic E-state index is -0.741. The van der Waals surface area contributed by atoms with Crippen molar-refractivity contribution < 1.29 is 14.6 Å². The first-order chi connectivity index (χ1) is 6.59. The van der Waals surface area contributed by atoms with Gasteiger partial charge < -0.3 is 9.84 Å². The van der Waals surface area contributed by atoms with E-state index in [1.54, 1.807) is 0 Å². The van der Waals surface area contributed by atoms with E-state index in [4.69, 9.17) is 9.84 Å². The van der Waals surface area contributed by atoms with E-state index in [1.165, 1.54) is 0 Å². The van der Waals surface area contributed by atoms with Gasteiger partial charge in [-0.3, -0.25) is 9.69 Å². The number of nitrogens with zero attached hydrogens (tertiary/aromatic N) is 1. The predicted octanol–water partition coefficient (Wildman–Crippen LogP) is 0.818. The first-order valence-corrected chi connectivity index (χ1v) is 5.13. The van der Waals surface area contributed by atoms with Gasteiger partial charge in [0.05, 0.1) is 19.6 Å². The monoisotopic (exact) mass is 201 g/mol. The lowest BCUT2D eigenvalue weighted by molar-refractivity contribution is -0.140. The fraction of sp³-hybridized carbons (Fsp3) is 0.900. The molecule has 1 aliphatic heterocycles. The lowest BCUT2D eigenvalue weighted by atomic mass is 10.1. The molecule has 1 unspecified atom stereocenters. The molecule has 1 aliphatic rings. The van der Waals surface area contributed by atoms with Gasteiger partial charge >= 0.3 is 5.97 Å². The van der Waals surface area contributed by atoms with Crippen LogP contribution in [0.3, 0.4) is 0 Å². The molecule has 1 atom stereocenters. The Hall–Kier alpha value is -0.610. The van der Waals surface area contributed by atoms with Crippen LogP contribution in [0.4, 0.5) is 0 Å². The quantitative estimate of drug-likeness (QED) is 0.731. The maximum absolute atomic E-state index is 10.6. The SMILES string of the molecule is CC(C)CN1CCOCC1CC(=O)O. The van der Waals surface area contributed by atoms with Crippen molar-refractivity contribution in [2.75, 3.05) is 26.3 Å². The topological polar surface area (TPSA) is 49.8 Å². The predicted molar refractivity (Wildman–Crippen MR) is 53.3 cm³/mol. The van der Waals surface area contributed by atoms with Crippen LogP contribution in [0.5, 0.6) is 0 Å². The van der Waals surface area contributed by atoms with Crippen molar-refractivity contribution in [1.29, 1.82) is 0 Å². The molecule has 0 aromatic carbocycles. The van der Waals surface area contributed by atoms with Crippen LogP contribution in [-0.2, 0) is 9.53 Å². The summed E-state index contributed by atoms with van der Waals surface area (Å²) in [7, 11) is 0. The van der Waals surface area contributed by atoms with E-state index in [1.807, 2.05) is 0 Å². The molecule has 0 spiro atoms. The van der Waals surface area contributed by atoms with E-state index in [0.29, 0.717) is 12.5 Å². The van der Waals surface area contributed by atoms with Crippen LogP contribution < -0.4 is 0 Å². The Bertz CT molecular complexity index is 194. The molecule has 1 fully saturated rings. The summed E-state index contributed by atoms with van der Waals surface area (Å²) in [6.07, 6.45) is 0.187. The van der Waals surface area contributed by atoms with Crippen molar-refractivity contribution in [1.82, 2.24) is 4.90 Å². The molecule has 0 radical (unpaired) electrons. The Morgan fingerprint density at radius 1 is 1.64 bits per heavy atom. The summed E-state index contributed by atoms with van der Waals surface area (Å²) >= 11 is 0. The van der Waals surface area contributed by atoms with E-state index in [9.17, 15) is 4.79 Å². The molecule has 1 heterocycles. The molecule has 0 bridgehead atoms. The Balaban J connectivity index is 2.45. The zero-order valence-electron chi connectivity index (χ0n) is 8.90. The van der Waals surface area contributed by atoms with Crippen LogP contribution in [-0.4, -0.2) is 48.3 Å². The average Bonchev–Trinajstić information content (AvgIpc) is 2.06. The molecular weight excluding hydrogens is 182 g/mol. The molecule has 0 saturated carbocycles. The number of hydrogen-bond acceptors (Lipinski definition) is 3. The highest BCUT2D eigenvalue weighted by Crippen LogP contribution is 2.12. The minimum absolute atomic E-state index is 0.0589. The van der Waals surface area contributed by atoms with Crippen molar-refractivity contribution in [2.45, 2.75) is 26.3 Å². The first kappa shape index (κ1) is 11.5. The van der Waals surface area contributed by atoms with E-state index in [2.05, 4.69) is 18.7 Å². The summed E-state index contributed by atoms with van der Waals surface area (Å²) in [4.78, 5) is 12.8. The van der Waals surface area contributed by atoms with Crippen molar-refractivity contribution in [3.05, 3.63) is 0 Å². The summed E-state index contributed by atoms with van der Waals surface area (Å²) in [6.45, 7) is 7.39. The Morgan fingerprint density at radius 3 is 2.93 bits per heavy atom. The fourth-order valence-electron chi connectivity index (χ4n) is 1.79. The normalized spacial score (nSPS) is 24.1. The summed E-state index contributed by atoms with van der Waals surface area (Å²) in [6, 6.07) is 0.0589. The number of rotatable bonds is 4. The second-order valence-electron chi connectivity index (χ2n) is 4.22. The molecule has 1 saturated heterocycles. The van der Waals surface area contributed by atoms with Gasteiger partial charge in [-0.1, -0.05) is 13.8 Å². The lowest BCUT2D eigenvalue weighted by Gasteiger charge is -2.35. The fourth-order valence-corrected chi connectivity index (χ4v) is 1.79. The summed E-state index contributed by atoms with van der Waals surface area (Å²) in [5.74, 6) is -0.168. The van der Waals surface area contributed by atoms with Crippen molar-refractivity contribution >= 4 is 5.97 Å². The Labute approximate surface area is 84.8 Å². The number of morpholine rings is 1. The van der Waals surface area contributed by atoms with E-state index >= 15 is 0 Å². The van der Waals surface area contributed by atoms with Gasteiger partial charge in [0.25, 0.3) is 0 Å². The maximum Gasteiger partial charge on any atom is 0.305 e. The van der Waals surface area contributed by atoms with Gasteiger partial charge in [0.1, 0.15) is 0 Å². The van der Waals surface area contributed by atoms with Gasteiger partial charge in [0, 0.05) is 19.1 Å². The van der Waals surface area contributed by atoms with Crippen LogP contribution >= 0.6 is 0 Å². The molecule has 82 valence electrons. The number of carboxylic acids is 1.